The maximum atomic E-state index is 12.8. The highest BCUT2D eigenvalue weighted by atomic mass is 32.2. The second-order valence-electron chi connectivity index (χ2n) is 5.07. The van der Waals surface area contributed by atoms with E-state index in [1.807, 2.05) is 25.1 Å². The van der Waals surface area contributed by atoms with E-state index in [-0.39, 0.29) is 17.2 Å². The largest absolute Gasteiger partial charge is 0.383 e. The third kappa shape index (κ3) is 3.81. The fraction of sp³-hybridized carbons (Fsp3) is 0.500. The van der Waals surface area contributed by atoms with Crippen molar-refractivity contribution in [2.75, 3.05) is 26.0 Å². The molecule has 1 fully saturated rings. The first-order valence-corrected chi connectivity index (χ1v) is 8.49. The van der Waals surface area contributed by atoms with Gasteiger partial charge in [0.2, 0.25) is 5.91 Å². The van der Waals surface area contributed by atoms with Crippen LogP contribution in [0.15, 0.2) is 30.3 Å². The second-order valence-corrected chi connectivity index (χ2v) is 6.29. The van der Waals surface area contributed by atoms with Gasteiger partial charge in [-0.3, -0.25) is 9.59 Å². The predicted octanol–water partition coefficient (Wildman–Crippen LogP) is 1.74. The van der Waals surface area contributed by atoms with Crippen LogP contribution in [-0.4, -0.2) is 54.1 Å². The maximum Gasteiger partial charge on any atom is 0.255 e. The number of hydrogen-bond acceptors (Lipinski definition) is 4. The molecular formula is C16H22N2O3S. The zero-order valence-corrected chi connectivity index (χ0v) is 13.8. The zero-order chi connectivity index (χ0) is 15.9. The van der Waals surface area contributed by atoms with Crippen LogP contribution in [0, 0.1) is 0 Å². The number of carbonyl (C=O) groups excluding carboxylic acids is 2. The van der Waals surface area contributed by atoms with E-state index < -0.39 is 6.04 Å². The molecule has 1 saturated heterocycles. The summed E-state index contributed by atoms with van der Waals surface area (Å²) in [6, 6.07) is 8.72. The molecule has 1 aromatic rings. The van der Waals surface area contributed by atoms with Crippen LogP contribution in [0.2, 0.25) is 0 Å². The number of thioether (sulfide) groups is 1. The second kappa shape index (κ2) is 8.19. The van der Waals surface area contributed by atoms with Crippen LogP contribution in [0.25, 0.3) is 0 Å². The Kier molecular flexibility index (Phi) is 6.27. The first kappa shape index (κ1) is 16.8. The van der Waals surface area contributed by atoms with Gasteiger partial charge in [-0.15, -0.1) is 11.8 Å². The number of carbonyl (C=O) groups is 2. The molecule has 0 bridgehead atoms. The molecule has 1 heterocycles. The first-order valence-electron chi connectivity index (χ1n) is 7.45. The van der Waals surface area contributed by atoms with Gasteiger partial charge in [0, 0.05) is 25.0 Å². The van der Waals surface area contributed by atoms with Crippen LogP contribution >= 0.6 is 11.8 Å². The van der Waals surface area contributed by atoms with E-state index in [0.717, 1.165) is 6.42 Å². The van der Waals surface area contributed by atoms with Crippen LogP contribution in [-0.2, 0) is 9.53 Å². The Morgan fingerprint density at radius 1 is 1.36 bits per heavy atom. The third-order valence-electron chi connectivity index (χ3n) is 3.61. The molecule has 0 aromatic heterocycles. The highest BCUT2D eigenvalue weighted by Crippen LogP contribution is 2.32. The number of amides is 2. The van der Waals surface area contributed by atoms with Crippen molar-refractivity contribution in [3.63, 3.8) is 0 Å². The van der Waals surface area contributed by atoms with Crippen LogP contribution in [0.3, 0.4) is 0 Å². The molecule has 0 spiro atoms. The molecule has 0 aliphatic carbocycles. The monoisotopic (exact) mass is 322 g/mol. The number of hydrogen-bond donors (Lipinski definition) is 1. The van der Waals surface area contributed by atoms with Crippen molar-refractivity contribution in [1.82, 2.24) is 10.2 Å². The van der Waals surface area contributed by atoms with Gasteiger partial charge in [-0.05, 0) is 18.6 Å². The standard InChI is InChI=1S/C16H22N2O3S/c1-3-14-18(16(20)12-7-5-4-6-8-12)13(11-22-14)15(19)17-9-10-21-2/h4-8,13-14H,3,9-11H2,1-2H3,(H,17,19)/t13-,14-/m1/s1. The topological polar surface area (TPSA) is 58.6 Å². The van der Waals surface area contributed by atoms with Gasteiger partial charge in [0.1, 0.15) is 6.04 Å². The smallest absolute Gasteiger partial charge is 0.255 e. The van der Waals surface area contributed by atoms with Crippen molar-refractivity contribution < 1.29 is 14.3 Å². The normalized spacial score (nSPS) is 20.9. The molecule has 0 unspecified atom stereocenters. The van der Waals surface area contributed by atoms with Crippen LogP contribution < -0.4 is 5.32 Å². The van der Waals surface area contributed by atoms with Crippen LogP contribution in [0.4, 0.5) is 0 Å². The van der Waals surface area contributed by atoms with Gasteiger partial charge in [0.25, 0.3) is 5.91 Å². The predicted molar refractivity (Wildman–Crippen MR) is 87.8 cm³/mol. The van der Waals surface area contributed by atoms with E-state index in [1.165, 1.54) is 0 Å². The molecule has 2 atom stereocenters. The van der Waals surface area contributed by atoms with E-state index in [2.05, 4.69) is 5.32 Å². The summed E-state index contributed by atoms with van der Waals surface area (Å²) in [6.07, 6.45) is 0.824. The molecule has 5 nitrogen and oxygen atoms in total. The zero-order valence-electron chi connectivity index (χ0n) is 13.0. The van der Waals surface area contributed by atoms with Crippen molar-refractivity contribution in [1.29, 1.82) is 0 Å². The summed E-state index contributed by atoms with van der Waals surface area (Å²) in [7, 11) is 1.59. The number of benzene rings is 1. The van der Waals surface area contributed by atoms with Gasteiger partial charge in [-0.1, -0.05) is 25.1 Å². The highest BCUT2D eigenvalue weighted by Gasteiger charge is 2.40. The van der Waals surface area contributed by atoms with Crippen molar-refractivity contribution in [3.05, 3.63) is 35.9 Å². The lowest BCUT2D eigenvalue weighted by Gasteiger charge is -2.28. The number of nitrogens with zero attached hydrogens (tertiary/aromatic N) is 1. The van der Waals surface area contributed by atoms with Gasteiger partial charge in [-0.2, -0.15) is 0 Å². The number of methoxy groups -OCH3 is 1. The van der Waals surface area contributed by atoms with Crippen molar-refractivity contribution in [3.8, 4) is 0 Å². The summed E-state index contributed by atoms with van der Waals surface area (Å²) in [5, 5.41) is 2.88. The summed E-state index contributed by atoms with van der Waals surface area (Å²) in [5.74, 6) is 0.449. The maximum absolute atomic E-state index is 12.8. The van der Waals surface area contributed by atoms with Crippen LogP contribution in [0.5, 0.6) is 0 Å². The van der Waals surface area contributed by atoms with E-state index in [0.29, 0.717) is 24.5 Å². The highest BCUT2D eigenvalue weighted by molar-refractivity contribution is 8.00. The van der Waals surface area contributed by atoms with Gasteiger partial charge >= 0.3 is 0 Å². The van der Waals surface area contributed by atoms with Gasteiger partial charge in [0.15, 0.2) is 0 Å². The SMILES string of the molecule is CC[C@H]1SC[C@H](C(=O)NCCOC)N1C(=O)c1ccccc1. The summed E-state index contributed by atoms with van der Waals surface area (Å²) < 4.78 is 4.94. The molecule has 2 rings (SSSR count). The number of nitrogens with one attached hydrogen (secondary N) is 1. The molecule has 120 valence electrons. The molecular weight excluding hydrogens is 300 g/mol. The molecule has 0 radical (unpaired) electrons. The fourth-order valence-corrected chi connectivity index (χ4v) is 3.83. The minimum absolute atomic E-state index is 0.0471. The molecule has 1 aliphatic heterocycles. The minimum Gasteiger partial charge on any atom is -0.383 e. The average molecular weight is 322 g/mol. The summed E-state index contributed by atoms with van der Waals surface area (Å²) in [6.45, 7) is 2.96. The summed E-state index contributed by atoms with van der Waals surface area (Å²) >= 11 is 1.66. The van der Waals surface area contributed by atoms with Crippen molar-refractivity contribution in [2.45, 2.75) is 24.8 Å². The average Bonchev–Trinajstić information content (AvgIpc) is 2.99. The quantitative estimate of drug-likeness (QED) is 0.811. The lowest BCUT2D eigenvalue weighted by molar-refractivity contribution is -0.125. The summed E-state index contributed by atoms with van der Waals surface area (Å²) in [4.78, 5) is 26.8. The van der Waals surface area contributed by atoms with Crippen molar-refractivity contribution in [2.24, 2.45) is 0 Å². The Morgan fingerprint density at radius 2 is 2.09 bits per heavy atom. The number of rotatable bonds is 6. The van der Waals surface area contributed by atoms with Gasteiger partial charge < -0.3 is 15.0 Å². The Bertz CT molecular complexity index is 509. The molecule has 1 N–H and O–H groups in total. The van der Waals surface area contributed by atoms with Gasteiger partial charge in [0.05, 0.1) is 12.0 Å². The Hall–Kier alpha value is -1.53. The molecule has 6 heteroatoms. The van der Waals surface area contributed by atoms with Crippen LogP contribution in [0.1, 0.15) is 23.7 Å². The molecule has 1 aromatic carbocycles. The first-order chi connectivity index (χ1) is 10.7. The van der Waals surface area contributed by atoms with E-state index in [1.54, 1.807) is 35.9 Å². The Balaban J connectivity index is 2.12. The lowest BCUT2D eigenvalue weighted by atomic mass is 10.1. The molecule has 22 heavy (non-hydrogen) atoms. The third-order valence-corrected chi connectivity index (χ3v) is 5.06. The minimum atomic E-state index is -0.417. The number of ether oxygens (including phenoxy) is 1. The fourth-order valence-electron chi connectivity index (χ4n) is 2.48. The lowest BCUT2D eigenvalue weighted by Crippen LogP contribution is -2.50. The van der Waals surface area contributed by atoms with E-state index in [9.17, 15) is 9.59 Å². The Morgan fingerprint density at radius 3 is 2.73 bits per heavy atom. The Labute approximate surface area is 135 Å². The molecule has 0 saturated carbocycles. The molecule has 2 amide bonds. The van der Waals surface area contributed by atoms with E-state index in [4.69, 9.17) is 4.74 Å². The van der Waals surface area contributed by atoms with Crippen molar-refractivity contribution >= 4 is 23.6 Å². The summed E-state index contributed by atoms with van der Waals surface area (Å²) in [5.41, 5.74) is 0.623. The molecule has 1 aliphatic rings. The van der Waals surface area contributed by atoms with Gasteiger partial charge in [-0.25, -0.2) is 0 Å². The van der Waals surface area contributed by atoms with E-state index >= 15 is 0 Å².